The Bertz CT molecular complexity index is 657. The van der Waals surface area contributed by atoms with Crippen molar-refractivity contribution in [2.24, 2.45) is 5.92 Å². The van der Waals surface area contributed by atoms with E-state index in [0.29, 0.717) is 5.69 Å². The average molecular weight is 326 g/mol. The van der Waals surface area contributed by atoms with E-state index in [4.69, 9.17) is 0 Å². The fourth-order valence-electron chi connectivity index (χ4n) is 3.19. The fourth-order valence-corrected chi connectivity index (χ4v) is 3.19. The van der Waals surface area contributed by atoms with Gasteiger partial charge in [0.25, 0.3) is 5.91 Å². The Morgan fingerprint density at radius 3 is 2.54 bits per heavy atom. The van der Waals surface area contributed by atoms with Gasteiger partial charge >= 0.3 is 0 Å². The number of hydrogen-bond donors (Lipinski definition) is 0. The van der Waals surface area contributed by atoms with Crippen molar-refractivity contribution in [1.29, 1.82) is 0 Å². The highest BCUT2D eigenvalue weighted by Gasteiger charge is 2.24. The molecule has 2 heterocycles. The molecule has 0 spiro atoms. The summed E-state index contributed by atoms with van der Waals surface area (Å²) < 4.78 is 1.76. The molecule has 0 aliphatic carbocycles. The predicted octanol–water partition coefficient (Wildman–Crippen LogP) is 2.68. The van der Waals surface area contributed by atoms with Gasteiger partial charge in [-0.2, -0.15) is 5.10 Å². The summed E-state index contributed by atoms with van der Waals surface area (Å²) in [4.78, 5) is 16.8. The number of amides is 1. The number of rotatable bonds is 5. The summed E-state index contributed by atoms with van der Waals surface area (Å²) in [6.07, 6.45) is 5.27. The summed E-state index contributed by atoms with van der Waals surface area (Å²) in [6.45, 7) is 2.81. The first-order valence-corrected chi connectivity index (χ1v) is 8.68. The second-order valence-corrected chi connectivity index (χ2v) is 6.81. The minimum Gasteiger partial charge on any atom is -0.337 e. The van der Waals surface area contributed by atoms with Crippen LogP contribution in [0.3, 0.4) is 0 Å². The molecule has 24 heavy (non-hydrogen) atoms. The second kappa shape index (κ2) is 7.62. The third-order valence-corrected chi connectivity index (χ3v) is 4.72. The second-order valence-electron chi connectivity index (χ2n) is 6.81. The highest BCUT2D eigenvalue weighted by atomic mass is 16.2. The average Bonchev–Trinajstić information content (AvgIpc) is 3.10. The van der Waals surface area contributed by atoms with Crippen molar-refractivity contribution in [1.82, 2.24) is 19.6 Å². The van der Waals surface area contributed by atoms with Crippen molar-refractivity contribution in [2.45, 2.75) is 19.3 Å². The Morgan fingerprint density at radius 2 is 1.88 bits per heavy atom. The van der Waals surface area contributed by atoms with Gasteiger partial charge in [0.05, 0.1) is 5.69 Å². The maximum atomic E-state index is 12.7. The Morgan fingerprint density at radius 1 is 1.17 bits per heavy atom. The molecule has 2 aromatic rings. The van der Waals surface area contributed by atoms with Crippen LogP contribution in [0.5, 0.6) is 0 Å². The van der Waals surface area contributed by atoms with Gasteiger partial charge in [-0.15, -0.1) is 0 Å². The molecule has 0 unspecified atom stereocenters. The van der Waals surface area contributed by atoms with Gasteiger partial charge in [0.1, 0.15) is 0 Å². The third-order valence-electron chi connectivity index (χ3n) is 4.72. The van der Waals surface area contributed by atoms with E-state index in [0.717, 1.165) is 44.1 Å². The van der Waals surface area contributed by atoms with Crippen LogP contribution in [-0.4, -0.2) is 59.2 Å². The number of likely N-dealkylation sites (tertiary alicyclic amines) is 1. The smallest absolute Gasteiger partial charge is 0.274 e. The summed E-state index contributed by atoms with van der Waals surface area (Å²) in [5, 5.41) is 4.45. The Labute approximate surface area is 143 Å². The van der Waals surface area contributed by atoms with Crippen molar-refractivity contribution in [3.8, 4) is 5.69 Å². The van der Waals surface area contributed by atoms with Crippen molar-refractivity contribution >= 4 is 5.91 Å². The molecule has 1 aromatic carbocycles. The van der Waals surface area contributed by atoms with Crippen molar-refractivity contribution < 1.29 is 4.79 Å². The first kappa shape index (κ1) is 16.7. The van der Waals surface area contributed by atoms with Crippen LogP contribution in [0.1, 0.15) is 29.8 Å². The van der Waals surface area contributed by atoms with Crippen molar-refractivity contribution in [3.05, 3.63) is 48.3 Å². The summed E-state index contributed by atoms with van der Waals surface area (Å²) in [7, 11) is 4.23. The number of aromatic nitrogens is 2. The van der Waals surface area contributed by atoms with Crippen LogP contribution in [0, 0.1) is 5.92 Å². The summed E-state index contributed by atoms with van der Waals surface area (Å²) in [5.74, 6) is 0.786. The molecule has 128 valence electrons. The summed E-state index contributed by atoms with van der Waals surface area (Å²) >= 11 is 0. The zero-order valence-electron chi connectivity index (χ0n) is 14.6. The molecule has 1 aliphatic rings. The zero-order valence-corrected chi connectivity index (χ0v) is 14.6. The molecule has 1 amide bonds. The maximum Gasteiger partial charge on any atom is 0.274 e. The number of nitrogens with zero attached hydrogens (tertiary/aromatic N) is 4. The maximum absolute atomic E-state index is 12.7. The van der Waals surface area contributed by atoms with E-state index in [-0.39, 0.29) is 5.91 Å². The standard InChI is InChI=1S/C19H26N4O/c1-21(2)12-8-16-9-13-22(14-10-16)19(24)18-11-15-23(20-18)17-6-4-3-5-7-17/h3-7,11,15-16H,8-10,12-14H2,1-2H3. The first-order chi connectivity index (χ1) is 11.6. The van der Waals surface area contributed by atoms with Crippen molar-refractivity contribution in [2.75, 3.05) is 33.7 Å². The normalized spacial score (nSPS) is 15.9. The molecular weight excluding hydrogens is 300 g/mol. The van der Waals surface area contributed by atoms with E-state index < -0.39 is 0 Å². The van der Waals surface area contributed by atoms with E-state index >= 15 is 0 Å². The number of carbonyl (C=O) groups is 1. The molecule has 1 saturated heterocycles. The first-order valence-electron chi connectivity index (χ1n) is 8.68. The van der Waals surface area contributed by atoms with E-state index in [1.807, 2.05) is 47.5 Å². The minimum atomic E-state index is 0.0516. The largest absolute Gasteiger partial charge is 0.337 e. The van der Waals surface area contributed by atoms with Crippen molar-refractivity contribution in [3.63, 3.8) is 0 Å². The third kappa shape index (κ3) is 4.03. The molecule has 3 rings (SSSR count). The van der Waals surface area contributed by atoms with Crippen LogP contribution in [0.15, 0.2) is 42.6 Å². The van der Waals surface area contributed by atoms with Gasteiger partial charge in [-0.05, 0) is 64.0 Å². The molecule has 0 bridgehead atoms. The number of hydrogen-bond acceptors (Lipinski definition) is 3. The number of benzene rings is 1. The van der Waals surface area contributed by atoms with Gasteiger partial charge in [0, 0.05) is 19.3 Å². The van der Waals surface area contributed by atoms with Crippen LogP contribution < -0.4 is 0 Å². The lowest BCUT2D eigenvalue weighted by Gasteiger charge is -2.32. The van der Waals surface area contributed by atoms with E-state index in [1.54, 1.807) is 4.68 Å². The lowest BCUT2D eigenvalue weighted by molar-refractivity contribution is 0.0677. The van der Waals surface area contributed by atoms with Gasteiger partial charge < -0.3 is 9.80 Å². The van der Waals surface area contributed by atoms with Gasteiger partial charge in [0.15, 0.2) is 5.69 Å². The highest BCUT2D eigenvalue weighted by molar-refractivity contribution is 5.92. The molecule has 1 fully saturated rings. The summed E-state index contributed by atoms with van der Waals surface area (Å²) in [5.41, 5.74) is 1.50. The van der Waals surface area contributed by atoms with Gasteiger partial charge in [0.2, 0.25) is 0 Å². The molecule has 1 aliphatic heterocycles. The molecule has 1 aromatic heterocycles. The predicted molar refractivity (Wildman–Crippen MR) is 95.4 cm³/mol. The SMILES string of the molecule is CN(C)CCC1CCN(C(=O)c2ccn(-c3ccccc3)n2)CC1. The van der Waals surface area contributed by atoms with E-state index in [9.17, 15) is 4.79 Å². The van der Waals surface area contributed by atoms with Crippen LogP contribution in [-0.2, 0) is 0 Å². The van der Waals surface area contributed by atoms with Crippen LogP contribution in [0.4, 0.5) is 0 Å². The molecule has 0 radical (unpaired) electrons. The van der Waals surface area contributed by atoms with Crippen LogP contribution >= 0.6 is 0 Å². The number of para-hydroxylation sites is 1. The molecule has 0 N–H and O–H groups in total. The van der Waals surface area contributed by atoms with Crippen LogP contribution in [0.2, 0.25) is 0 Å². The van der Waals surface area contributed by atoms with Gasteiger partial charge in [-0.25, -0.2) is 4.68 Å². The molecule has 5 heteroatoms. The Kier molecular flexibility index (Phi) is 5.30. The zero-order chi connectivity index (χ0) is 16.9. The van der Waals surface area contributed by atoms with Gasteiger partial charge in [-0.1, -0.05) is 18.2 Å². The fraction of sp³-hybridized carbons (Fsp3) is 0.474. The van der Waals surface area contributed by atoms with E-state index in [1.165, 1.54) is 6.42 Å². The Hall–Kier alpha value is -2.14. The lowest BCUT2D eigenvalue weighted by atomic mass is 9.93. The van der Waals surface area contributed by atoms with E-state index in [2.05, 4.69) is 24.1 Å². The minimum absolute atomic E-state index is 0.0516. The quantitative estimate of drug-likeness (QED) is 0.848. The Balaban J connectivity index is 1.57. The molecule has 0 atom stereocenters. The lowest BCUT2D eigenvalue weighted by Crippen LogP contribution is -2.39. The van der Waals surface area contributed by atoms with Gasteiger partial charge in [-0.3, -0.25) is 4.79 Å². The highest BCUT2D eigenvalue weighted by Crippen LogP contribution is 2.22. The number of carbonyl (C=O) groups excluding carboxylic acids is 1. The molecule has 0 saturated carbocycles. The van der Waals surface area contributed by atoms with Crippen LogP contribution in [0.25, 0.3) is 5.69 Å². The number of piperidine rings is 1. The monoisotopic (exact) mass is 326 g/mol. The molecule has 5 nitrogen and oxygen atoms in total. The molecular formula is C19H26N4O. The topological polar surface area (TPSA) is 41.4 Å². The summed E-state index contributed by atoms with van der Waals surface area (Å²) in [6, 6.07) is 11.7.